The van der Waals surface area contributed by atoms with Gasteiger partial charge in [-0.15, -0.1) is 0 Å². The van der Waals surface area contributed by atoms with Gasteiger partial charge in [0.1, 0.15) is 0 Å². The number of hydrogen-bond acceptors (Lipinski definition) is 3. The average molecular weight is 477 g/mol. The van der Waals surface area contributed by atoms with Gasteiger partial charge in [-0.1, -0.05) is 84.4 Å². The molecule has 0 bridgehead atoms. The number of rotatable bonds is 7. The van der Waals surface area contributed by atoms with Gasteiger partial charge in [-0.05, 0) is 48.9 Å². The second-order valence-corrected chi connectivity index (χ2v) is 11.1. The van der Waals surface area contributed by atoms with E-state index in [0.29, 0.717) is 25.9 Å². The quantitative estimate of drug-likeness (QED) is 0.535. The summed E-state index contributed by atoms with van der Waals surface area (Å²) in [4.78, 5) is 13.3. The number of carbonyl (C=O) groups is 1. The zero-order valence-corrected chi connectivity index (χ0v) is 20.6. The van der Waals surface area contributed by atoms with Crippen molar-refractivity contribution in [2.75, 3.05) is 13.1 Å². The molecule has 1 saturated heterocycles. The van der Waals surface area contributed by atoms with Crippen molar-refractivity contribution in [2.24, 2.45) is 5.92 Å². The number of amides is 1. The maximum absolute atomic E-state index is 13.3. The SMILES string of the molecule is Cc1ccc(CS(=O)(=O)N2CCC(C(=O)N[C@H](c3ccccc3)c3ccccc3C)CC2)cc1. The monoisotopic (exact) mass is 476 g/mol. The molecule has 3 aromatic rings. The molecule has 5 nitrogen and oxygen atoms in total. The molecule has 1 fully saturated rings. The summed E-state index contributed by atoms with van der Waals surface area (Å²) in [5.74, 6) is -0.234. The van der Waals surface area contributed by atoms with E-state index in [1.807, 2.05) is 79.7 Å². The number of aryl methyl sites for hydroxylation is 2. The lowest BCUT2D eigenvalue weighted by Crippen LogP contribution is -2.44. The molecule has 0 radical (unpaired) electrons. The van der Waals surface area contributed by atoms with E-state index in [-0.39, 0.29) is 23.6 Å². The minimum Gasteiger partial charge on any atom is -0.345 e. The molecule has 0 aromatic heterocycles. The van der Waals surface area contributed by atoms with Crippen LogP contribution in [0.2, 0.25) is 0 Å². The Morgan fingerprint density at radius 1 is 0.912 bits per heavy atom. The number of hydrogen-bond donors (Lipinski definition) is 1. The molecule has 1 amide bonds. The highest BCUT2D eigenvalue weighted by atomic mass is 32.2. The minimum atomic E-state index is -3.41. The summed E-state index contributed by atoms with van der Waals surface area (Å²) < 4.78 is 27.4. The summed E-state index contributed by atoms with van der Waals surface area (Å²) >= 11 is 0. The number of sulfonamides is 1. The zero-order valence-electron chi connectivity index (χ0n) is 19.8. The van der Waals surface area contributed by atoms with Gasteiger partial charge in [0.25, 0.3) is 0 Å². The van der Waals surface area contributed by atoms with E-state index in [4.69, 9.17) is 0 Å². The summed E-state index contributed by atoms with van der Waals surface area (Å²) in [6.45, 7) is 4.77. The van der Waals surface area contributed by atoms with Crippen LogP contribution >= 0.6 is 0 Å². The van der Waals surface area contributed by atoms with Gasteiger partial charge in [0, 0.05) is 19.0 Å². The van der Waals surface area contributed by atoms with Crippen LogP contribution in [-0.4, -0.2) is 31.7 Å². The Hall–Kier alpha value is -2.96. The molecule has 1 N–H and O–H groups in total. The highest BCUT2D eigenvalue weighted by molar-refractivity contribution is 7.88. The van der Waals surface area contributed by atoms with Crippen molar-refractivity contribution >= 4 is 15.9 Å². The minimum absolute atomic E-state index is 0.00644. The van der Waals surface area contributed by atoms with E-state index >= 15 is 0 Å². The fraction of sp³-hybridized carbons (Fsp3) is 0.321. The van der Waals surface area contributed by atoms with E-state index in [2.05, 4.69) is 18.3 Å². The van der Waals surface area contributed by atoms with Crippen LogP contribution in [0.4, 0.5) is 0 Å². The Labute approximate surface area is 202 Å². The lowest BCUT2D eigenvalue weighted by atomic mass is 9.92. The van der Waals surface area contributed by atoms with E-state index < -0.39 is 10.0 Å². The largest absolute Gasteiger partial charge is 0.345 e. The van der Waals surface area contributed by atoms with Gasteiger partial charge in [0.2, 0.25) is 15.9 Å². The number of carbonyl (C=O) groups excluding carboxylic acids is 1. The Balaban J connectivity index is 1.42. The third-order valence-corrected chi connectivity index (χ3v) is 8.46. The van der Waals surface area contributed by atoms with E-state index in [1.54, 1.807) is 0 Å². The third kappa shape index (κ3) is 5.75. The van der Waals surface area contributed by atoms with Crippen molar-refractivity contribution in [2.45, 2.75) is 38.5 Å². The molecular formula is C28H32N2O3S. The molecule has 1 aliphatic heterocycles. The first kappa shape index (κ1) is 24.2. The smallest absolute Gasteiger partial charge is 0.223 e. The number of piperidine rings is 1. The summed E-state index contributed by atoms with van der Waals surface area (Å²) in [5, 5.41) is 3.25. The standard InChI is InChI=1S/C28H32N2O3S/c1-21-12-14-23(15-13-21)20-34(32,33)30-18-16-25(17-19-30)28(31)29-27(24-9-4-3-5-10-24)26-11-7-6-8-22(26)2/h3-15,25,27H,16-20H2,1-2H3,(H,29,31)/t27-/m1/s1. The van der Waals surface area contributed by atoms with Gasteiger partial charge in [-0.3, -0.25) is 4.79 Å². The Morgan fingerprint density at radius 2 is 1.53 bits per heavy atom. The van der Waals surface area contributed by atoms with Crippen molar-refractivity contribution in [3.8, 4) is 0 Å². The predicted octanol–water partition coefficient (Wildman–Crippen LogP) is 4.75. The first-order valence-electron chi connectivity index (χ1n) is 11.8. The van der Waals surface area contributed by atoms with Gasteiger partial charge in [-0.2, -0.15) is 0 Å². The van der Waals surface area contributed by atoms with Crippen LogP contribution in [-0.2, 0) is 20.6 Å². The Kier molecular flexibility index (Phi) is 7.49. The molecular weight excluding hydrogens is 444 g/mol. The second-order valence-electron chi connectivity index (χ2n) is 9.12. The molecule has 0 saturated carbocycles. The lowest BCUT2D eigenvalue weighted by molar-refractivity contribution is -0.126. The van der Waals surface area contributed by atoms with Crippen molar-refractivity contribution in [1.29, 1.82) is 0 Å². The second kappa shape index (κ2) is 10.5. The van der Waals surface area contributed by atoms with Crippen LogP contribution in [0, 0.1) is 19.8 Å². The van der Waals surface area contributed by atoms with Crippen molar-refractivity contribution < 1.29 is 13.2 Å². The number of nitrogens with zero attached hydrogens (tertiary/aromatic N) is 1. The first-order valence-corrected chi connectivity index (χ1v) is 13.4. The fourth-order valence-electron chi connectivity index (χ4n) is 4.54. The van der Waals surface area contributed by atoms with Gasteiger partial charge in [-0.25, -0.2) is 12.7 Å². The highest BCUT2D eigenvalue weighted by Crippen LogP contribution is 2.27. The molecule has 34 heavy (non-hydrogen) atoms. The molecule has 178 valence electrons. The normalized spacial score (nSPS) is 16.2. The van der Waals surface area contributed by atoms with E-state index in [1.165, 1.54) is 4.31 Å². The lowest BCUT2D eigenvalue weighted by Gasteiger charge is -2.32. The predicted molar refractivity (Wildman–Crippen MR) is 136 cm³/mol. The van der Waals surface area contributed by atoms with Crippen LogP contribution in [0.15, 0.2) is 78.9 Å². The van der Waals surface area contributed by atoms with Gasteiger partial charge < -0.3 is 5.32 Å². The van der Waals surface area contributed by atoms with E-state index in [0.717, 1.165) is 27.8 Å². The number of nitrogens with one attached hydrogen (secondary N) is 1. The van der Waals surface area contributed by atoms with E-state index in [9.17, 15) is 13.2 Å². The third-order valence-electron chi connectivity index (χ3n) is 6.61. The topological polar surface area (TPSA) is 66.5 Å². The summed E-state index contributed by atoms with van der Waals surface area (Å²) in [6, 6.07) is 25.4. The van der Waals surface area contributed by atoms with Gasteiger partial charge in [0.15, 0.2) is 0 Å². The maximum atomic E-state index is 13.3. The average Bonchev–Trinajstić information content (AvgIpc) is 2.85. The van der Waals surface area contributed by atoms with Crippen LogP contribution in [0.5, 0.6) is 0 Å². The van der Waals surface area contributed by atoms with Crippen LogP contribution in [0.1, 0.15) is 46.7 Å². The number of benzene rings is 3. The molecule has 1 aliphatic rings. The molecule has 4 rings (SSSR count). The Morgan fingerprint density at radius 3 is 2.18 bits per heavy atom. The molecule has 0 unspecified atom stereocenters. The van der Waals surface area contributed by atoms with Crippen LogP contribution in [0.25, 0.3) is 0 Å². The molecule has 0 spiro atoms. The molecule has 3 aromatic carbocycles. The van der Waals surface area contributed by atoms with Gasteiger partial charge in [0.05, 0.1) is 11.8 Å². The first-order chi connectivity index (χ1) is 16.3. The van der Waals surface area contributed by atoms with Crippen LogP contribution in [0.3, 0.4) is 0 Å². The summed E-state index contributed by atoms with van der Waals surface area (Å²) in [5.41, 5.74) is 5.11. The Bertz CT molecular complexity index is 1220. The molecule has 6 heteroatoms. The fourth-order valence-corrected chi connectivity index (χ4v) is 6.10. The summed E-state index contributed by atoms with van der Waals surface area (Å²) in [7, 11) is -3.41. The maximum Gasteiger partial charge on any atom is 0.223 e. The molecule has 0 aliphatic carbocycles. The van der Waals surface area contributed by atoms with Crippen molar-refractivity contribution in [3.05, 3.63) is 107 Å². The summed E-state index contributed by atoms with van der Waals surface area (Å²) in [6.07, 6.45) is 1.04. The van der Waals surface area contributed by atoms with Gasteiger partial charge >= 0.3 is 0 Å². The van der Waals surface area contributed by atoms with Crippen LogP contribution < -0.4 is 5.32 Å². The molecule has 1 heterocycles. The molecule has 1 atom stereocenters. The van der Waals surface area contributed by atoms with Crippen molar-refractivity contribution in [3.63, 3.8) is 0 Å². The highest BCUT2D eigenvalue weighted by Gasteiger charge is 2.32. The van der Waals surface area contributed by atoms with Crippen molar-refractivity contribution in [1.82, 2.24) is 9.62 Å². The zero-order chi connectivity index (χ0) is 24.1.